The van der Waals surface area contributed by atoms with Crippen LogP contribution in [0.15, 0.2) is 11.3 Å². The van der Waals surface area contributed by atoms with Crippen LogP contribution >= 0.6 is 0 Å². The van der Waals surface area contributed by atoms with Crippen molar-refractivity contribution in [1.82, 2.24) is 0 Å². The summed E-state index contributed by atoms with van der Waals surface area (Å²) in [5.74, 6) is 1.68. The quantitative estimate of drug-likeness (QED) is 0.547. The van der Waals surface area contributed by atoms with Crippen molar-refractivity contribution >= 4 is 7.85 Å². The van der Waals surface area contributed by atoms with E-state index in [-0.39, 0.29) is 11.4 Å². The highest BCUT2D eigenvalue weighted by Crippen LogP contribution is 2.48. The molecule has 1 nitrogen and oxygen atoms in total. The second kappa shape index (κ2) is 3.88. The van der Waals surface area contributed by atoms with Gasteiger partial charge in [-0.2, -0.15) is 0 Å². The summed E-state index contributed by atoms with van der Waals surface area (Å²) in [6.07, 6.45) is 6.46. The van der Waals surface area contributed by atoms with Crippen LogP contribution in [0.25, 0.3) is 0 Å². The molecule has 0 aromatic carbocycles. The summed E-state index contributed by atoms with van der Waals surface area (Å²) in [7, 11) is 6.41. The minimum atomic E-state index is -0.149. The van der Waals surface area contributed by atoms with E-state index in [0.29, 0.717) is 5.92 Å². The summed E-state index contributed by atoms with van der Waals surface area (Å²) in [6.45, 7) is 6.44. The number of hydrogen-bond donors (Lipinski definition) is 0. The summed E-state index contributed by atoms with van der Waals surface area (Å²) in [4.78, 5) is 0. The lowest BCUT2D eigenvalue weighted by atomic mass is 9.59. The van der Waals surface area contributed by atoms with E-state index in [4.69, 9.17) is 12.6 Å². The largest absolute Gasteiger partial charge is 0.495 e. The van der Waals surface area contributed by atoms with Gasteiger partial charge in [0.15, 0.2) is 0 Å². The molecule has 1 fully saturated rings. The average Bonchev–Trinajstić information content (AvgIpc) is 2.43. The predicted octanol–water partition coefficient (Wildman–Crippen LogP) is 3.61. The zero-order chi connectivity index (χ0) is 11.1. The fourth-order valence-corrected chi connectivity index (χ4v) is 3.00. The molecule has 0 bridgehead atoms. The lowest BCUT2D eigenvalue weighted by molar-refractivity contribution is 0.0612. The summed E-state index contributed by atoms with van der Waals surface area (Å²) in [6, 6.07) is 0. The van der Waals surface area contributed by atoms with Gasteiger partial charge in [-0.1, -0.05) is 32.6 Å². The summed E-state index contributed by atoms with van der Waals surface area (Å²) in [5, 5.41) is -0.149. The number of rotatable bonds is 0. The zero-order valence-electron chi connectivity index (χ0n) is 10.2. The van der Waals surface area contributed by atoms with Crippen molar-refractivity contribution in [1.29, 1.82) is 0 Å². The monoisotopic (exact) mass is 204 g/mol. The van der Waals surface area contributed by atoms with Crippen LogP contribution in [0.1, 0.15) is 52.9 Å². The fraction of sp³-hybridized carbons (Fsp3) is 0.846. The Labute approximate surface area is 94.7 Å². The second-order valence-corrected chi connectivity index (χ2v) is 5.49. The molecule has 3 atom stereocenters. The van der Waals surface area contributed by atoms with Crippen molar-refractivity contribution in [3.8, 4) is 0 Å². The molecule has 1 aliphatic carbocycles. The van der Waals surface area contributed by atoms with Crippen LogP contribution in [0.4, 0.5) is 0 Å². The second-order valence-electron chi connectivity index (χ2n) is 5.49. The maximum Gasteiger partial charge on any atom is 0.102 e. The van der Waals surface area contributed by atoms with E-state index in [1.54, 1.807) is 0 Å². The van der Waals surface area contributed by atoms with Gasteiger partial charge >= 0.3 is 0 Å². The van der Waals surface area contributed by atoms with Crippen molar-refractivity contribution in [2.24, 2.45) is 5.92 Å². The van der Waals surface area contributed by atoms with E-state index in [1.807, 2.05) is 0 Å². The molecule has 1 aliphatic heterocycles. The van der Waals surface area contributed by atoms with Crippen LogP contribution in [0.2, 0.25) is 5.31 Å². The van der Waals surface area contributed by atoms with Gasteiger partial charge in [-0.15, -0.1) is 0 Å². The van der Waals surface area contributed by atoms with Crippen molar-refractivity contribution in [3.05, 3.63) is 11.3 Å². The first-order chi connectivity index (χ1) is 7.02. The van der Waals surface area contributed by atoms with Gasteiger partial charge in [0.25, 0.3) is 0 Å². The van der Waals surface area contributed by atoms with Gasteiger partial charge in [-0.25, -0.2) is 0 Å². The molecule has 15 heavy (non-hydrogen) atoms. The number of fused-ring (bicyclic) bond motifs is 1. The van der Waals surface area contributed by atoms with Gasteiger partial charge in [-0.05, 0) is 31.2 Å². The Kier molecular flexibility index (Phi) is 2.87. The number of ether oxygens (including phenoxy) is 1. The van der Waals surface area contributed by atoms with E-state index in [1.165, 1.54) is 31.3 Å². The molecule has 2 radical (unpaired) electrons. The lowest BCUT2D eigenvalue weighted by Gasteiger charge is -2.38. The molecule has 2 heteroatoms. The maximum atomic E-state index is 6.41. The molecular formula is C13H21BO. The van der Waals surface area contributed by atoms with Crippen molar-refractivity contribution in [2.75, 3.05) is 0 Å². The Balaban J connectivity index is 2.22. The molecule has 0 spiro atoms. The minimum absolute atomic E-state index is 0.149. The molecule has 2 rings (SSSR count). The molecule has 0 N–H and O–H groups in total. The SMILES string of the molecule is [B]C1(C)CCCCCC2C(C)=C(C)OC21. The van der Waals surface area contributed by atoms with E-state index in [9.17, 15) is 0 Å². The minimum Gasteiger partial charge on any atom is -0.495 e. The van der Waals surface area contributed by atoms with Gasteiger partial charge in [0.05, 0.1) is 13.6 Å². The van der Waals surface area contributed by atoms with Gasteiger partial charge in [0, 0.05) is 5.92 Å². The molecule has 3 unspecified atom stereocenters. The normalized spacial score (nSPS) is 41.8. The van der Waals surface area contributed by atoms with E-state index >= 15 is 0 Å². The molecule has 1 saturated carbocycles. The molecule has 0 aromatic heterocycles. The molecule has 0 amide bonds. The highest BCUT2D eigenvalue weighted by Gasteiger charge is 2.42. The zero-order valence-corrected chi connectivity index (χ0v) is 10.2. The highest BCUT2D eigenvalue weighted by atomic mass is 16.5. The van der Waals surface area contributed by atoms with Crippen LogP contribution in [0.5, 0.6) is 0 Å². The summed E-state index contributed by atoms with van der Waals surface area (Å²) in [5.41, 5.74) is 1.43. The lowest BCUT2D eigenvalue weighted by Crippen LogP contribution is -2.33. The fourth-order valence-electron chi connectivity index (χ4n) is 3.00. The van der Waals surface area contributed by atoms with E-state index in [0.717, 1.165) is 12.2 Å². The smallest absolute Gasteiger partial charge is 0.102 e. The first-order valence-electron chi connectivity index (χ1n) is 6.15. The molecule has 82 valence electrons. The number of hydrogen-bond acceptors (Lipinski definition) is 1. The Morgan fingerprint density at radius 2 is 2.00 bits per heavy atom. The number of allylic oxidation sites excluding steroid dienone is 1. The Morgan fingerprint density at radius 3 is 2.73 bits per heavy atom. The highest BCUT2D eigenvalue weighted by molar-refractivity contribution is 6.15. The Hall–Kier alpha value is -0.395. The third kappa shape index (κ3) is 1.96. The molecule has 1 heterocycles. The molecule has 0 aromatic rings. The van der Waals surface area contributed by atoms with Crippen LogP contribution < -0.4 is 0 Å². The van der Waals surface area contributed by atoms with Gasteiger partial charge in [0.1, 0.15) is 6.10 Å². The maximum absolute atomic E-state index is 6.41. The Morgan fingerprint density at radius 1 is 1.27 bits per heavy atom. The molecule has 2 aliphatic rings. The van der Waals surface area contributed by atoms with E-state index < -0.39 is 0 Å². The standard InChI is InChI=1S/C13H21BO/c1-9-10(2)15-12-11(9)7-5-4-6-8-13(12,3)14/h11-12H,4-8H2,1-3H3. The predicted molar refractivity (Wildman–Crippen MR) is 63.9 cm³/mol. The first-order valence-corrected chi connectivity index (χ1v) is 6.15. The average molecular weight is 204 g/mol. The topological polar surface area (TPSA) is 9.23 Å². The summed E-state index contributed by atoms with van der Waals surface area (Å²) >= 11 is 0. The van der Waals surface area contributed by atoms with Gasteiger partial charge in [0.2, 0.25) is 0 Å². The van der Waals surface area contributed by atoms with Crippen molar-refractivity contribution in [2.45, 2.75) is 64.3 Å². The Bertz CT molecular complexity index is 280. The van der Waals surface area contributed by atoms with Crippen LogP contribution in [0.3, 0.4) is 0 Å². The first kappa shape index (κ1) is 11.1. The van der Waals surface area contributed by atoms with Crippen molar-refractivity contribution in [3.63, 3.8) is 0 Å². The molecular weight excluding hydrogens is 183 g/mol. The van der Waals surface area contributed by atoms with Gasteiger partial charge in [-0.3, -0.25) is 0 Å². The van der Waals surface area contributed by atoms with Crippen molar-refractivity contribution < 1.29 is 4.74 Å². The third-order valence-corrected chi connectivity index (χ3v) is 4.16. The van der Waals surface area contributed by atoms with E-state index in [2.05, 4.69) is 20.8 Å². The summed E-state index contributed by atoms with van der Waals surface area (Å²) < 4.78 is 5.98. The van der Waals surface area contributed by atoms with Crippen LogP contribution in [0, 0.1) is 5.92 Å². The van der Waals surface area contributed by atoms with Crippen LogP contribution in [-0.2, 0) is 4.74 Å². The van der Waals surface area contributed by atoms with Crippen LogP contribution in [-0.4, -0.2) is 14.0 Å². The molecule has 0 saturated heterocycles. The van der Waals surface area contributed by atoms with Gasteiger partial charge < -0.3 is 4.74 Å². The third-order valence-electron chi connectivity index (χ3n) is 4.16.